The SMILES string of the molecule is CCCCCCCC/C=C/CCCCCCCC(=O)OCc1c(OC(=O)CCCCCCC/C=C/CCCCCCCC)ccc[n+]1C. The van der Waals surface area contributed by atoms with E-state index in [9.17, 15) is 9.59 Å². The van der Waals surface area contributed by atoms with Crippen molar-refractivity contribution in [2.75, 3.05) is 0 Å². The van der Waals surface area contributed by atoms with Crippen LogP contribution in [0.4, 0.5) is 0 Å². The lowest BCUT2D eigenvalue weighted by atomic mass is 10.1. The summed E-state index contributed by atoms with van der Waals surface area (Å²) in [5.74, 6) is 0.0633. The second-order valence-electron chi connectivity index (χ2n) is 13.7. The van der Waals surface area contributed by atoms with Crippen LogP contribution in [0.3, 0.4) is 0 Å². The normalized spacial score (nSPS) is 11.6. The zero-order valence-electron chi connectivity index (χ0n) is 31.6. The van der Waals surface area contributed by atoms with E-state index < -0.39 is 0 Å². The Balaban J connectivity index is 2.10. The molecule has 0 unspecified atom stereocenters. The predicted molar refractivity (Wildman–Crippen MR) is 202 cm³/mol. The van der Waals surface area contributed by atoms with Crippen molar-refractivity contribution in [3.63, 3.8) is 0 Å². The Morgan fingerprint density at radius 2 is 0.958 bits per heavy atom. The van der Waals surface area contributed by atoms with Crippen molar-refractivity contribution < 1.29 is 23.6 Å². The van der Waals surface area contributed by atoms with Gasteiger partial charge in [-0.1, -0.05) is 141 Å². The molecule has 1 rings (SSSR count). The van der Waals surface area contributed by atoms with Crippen molar-refractivity contribution in [1.29, 1.82) is 0 Å². The summed E-state index contributed by atoms with van der Waals surface area (Å²) in [6.07, 6.45) is 44.1. The second-order valence-corrected chi connectivity index (χ2v) is 13.7. The van der Waals surface area contributed by atoms with Crippen LogP contribution >= 0.6 is 0 Å². The van der Waals surface area contributed by atoms with Crippen LogP contribution < -0.4 is 9.30 Å². The minimum atomic E-state index is -0.223. The number of esters is 2. The number of nitrogens with zero attached hydrogens (tertiary/aromatic N) is 1. The van der Waals surface area contributed by atoms with E-state index in [1.165, 1.54) is 116 Å². The summed E-state index contributed by atoms with van der Waals surface area (Å²) in [6.45, 7) is 4.64. The lowest BCUT2D eigenvalue weighted by Gasteiger charge is -2.09. The van der Waals surface area contributed by atoms with Crippen molar-refractivity contribution in [2.24, 2.45) is 7.05 Å². The molecule has 1 aromatic heterocycles. The van der Waals surface area contributed by atoms with Gasteiger partial charge in [-0.15, -0.1) is 0 Å². The molecule has 0 aromatic carbocycles. The summed E-state index contributed by atoms with van der Waals surface area (Å²) >= 11 is 0. The quantitative estimate of drug-likeness (QED) is 0.0324. The third kappa shape index (κ3) is 26.5. The maximum atomic E-state index is 12.6. The first-order chi connectivity index (χ1) is 23.6. The van der Waals surface area contributed by atoms with Gasteiger partial charge in [0.1, 0.15) is 7.05 Å². The number of rotatable bonds is 33. The van der Waals surface area contributed by atoms with Gasteiger partial charge in [0, 0.05) is 18.9 Å². The van der Waals surface area contributed by atoms with Crippen LogP contribution in [0.5, 0.6) is 5.75 Å². The minimum Gasteiger partial charge on any atom is -0.454 e. The molecule has 5 heteroatoms. The number of unbranched alkanes of at least 4 members (excludes halogenated alkanes) is 22. The number of hydrogen-bond acceptors (Lipinski definition) is 4. The van der Waals surface area contributed by atoms with Crippen LogP contribution in [-0.4, -0.2) is 11.9 Å². The van der Waals surface area contributed by atoms with E-state index in [4.69, 9.17) is 9.47 Å². The molecule has 0 amide bonds. The van der Waals surface area contributed by atoms with Gasteiger partial charge in [-0.25, -0.2) is 0 Å². The van der Waals surface area contributed by atoms with Crippen LogP contribution in [-0.2, 0) is 28.0 Å². The summed E-state index contributed by atoms with van der Waals surface area (Å²) in [7, 11) is 1.88. The minimum absolute atomic E-state index is 0.108. The van der Waals surface area contributed by atoms with Crippen LogP contribution in [0.2, 0.25) is 0 Å². The van der Waals surface area contributed by atoms with Gasteiger partial charge in [-0.2, -0.15) is 4.57 Å². The zero-order chi connectivity index (χ0) is 34.8. The molecular formula is C43H74NO4+. The number of ether oxygens (including phenoxy) is 2. The molecule has 0 radical (unpaired) electrons. The largest absolute Gasteiger partial charge is 0.454 e. The molecule has 0 saturated carbocycles. The molecule has 274 valence electrons. The number of aromatic nitrogens is 1. The topological polar surface area (TPSA) is 56.5 Å². The molecule has 5 nitrogen and oxygen atoms in total. The number of hydrogen-bond donors (Lipinski definition) is 0. The molecule has 0 N–H and O–H groups in total. The van der Waals surface area contributed by atoms with Crippen molar-refractivity contribution in [1.82, 2.24) is 0 Å². The molecule has 1 heterocycles. The predicted octanol–water partition coefficient (Wildman–Crippen LogP) is 12.5. The van der Waals surface area contributed by atoms with E-state index in [2.05, 4.69) is 38.2 Å². The van der Waals surface area contributed by atoms with Crippen LogP contribution in [0, 0.1) is 0 Å². The average molecular weight is 669 g/mol. The third-order valence-electron chi connectivity index (χ3n) is 9.15. The second kappa shape index (κ2) is 33.1. The fourth-order valence-electron chi connectivity index (χ4n) is 5.96. The van der Waals surface area contributed by atoms with Crippen LogP contribution in [0.25, 0.3) is 0 Å². The molecule has 0 atom stereocenters. The van der Waals surface area contributed by atoms with E-state index >= 15 is 0 Å². The van der Waals surface area contributed by atoms with Crippen molar-refractivity contribution in [3.8, 4) is 5.75 Å². The first-order valence-corrected chi connectivity index (χ1v) is 20.2. The highest BCUT2D eigenvalue weighted by Crippen LogP contribution is 2.18. The van der Waals surface area contributed by atoms with Gasteiger partial charge in [0.25, 0.3) is 5.69 Å². The van der Waals surface area contributed by atoms with Gasteiger partial charge in [0.15, 0.2) is 12.8 Å². The molecule has 0 aliphatic heterocycles. The van der Waals surface area contributed by atoms with Gasteiger partial charge in [0.2, 0.25) is 5.75 Å². The number of pyridine rings is 1. The zero-order valence-corrected chi connectivity index (χ0v) is 31.6. The highest BCUT2D eigenvalue weighted by Gasteiger charge is 2.19. The molecule has 0 bridgehead atoms. The van der Waals surface area contributed by atoms with Gasteiger partial charge in [-0.05, 0) is 70.3 Å². The van der Waals surface area contributed by atoms with Crippen molar-refractivity contribution >= 4 is 11.9 Å². The summed E-state index contributed by atoms with van der Waals surface area (Å²) in [5.41, 5.74) is 0.702. The molecule has 0 saturated heterocycles. The Bertz CT molecular complexity index is 970. The lowest BCUT2D eigenvalue weighted by Crippen LogP contribution is -2.34. The molecule has 0 spiro atoms. The Morgan fingerprint density at radius 3 is 1.42 bits per heavy atom. The highest BCUT2D eigenvalue weighted by molar-refractivity contribution is 5.72. The summed E-state index contributed by atoms with van der Waals surface area (Å²) in [4.78, 5) is 25.0. The molecule has 0 aliphatic carbocycles. The lowest BCUT2D eigenvalue weighted by molar-refractivity contribution is -0.681. The number of carbonyl (C=O) groups is 2. The van der Waals surface area contributed by atoms with Crippen LogP contribution in [0.15, 0.2) is 42.6 Å². The van der Waals surface area contributed by atoms with Crippen molar-refractivity contribution in [2.45, 2.75) is 200 Å². The number of allylic oxidation sites excluding steroid dienone is 4. The first kappa shape index (κ1) is 43.6. The third-order valence-corrected chi connectivity index (χ3v) is 9.15. The Labute approximate surface area is 296 Å². The van der Waals surface area contributed by atoms with Crippen molar-refractivity contribution in [3.05, 3.63) is 48.3 Å². The fourth-order valence-corrected chi connectivity index (χ4v) is 5.96. The van der Waals surface area contributed by atoms with E-state index in [0.717, 1.165) is 51.4 Å². The van der Waals surface area contributed by atoms with E-state index in [1.807, 2.05) is 23.9 Å². The summed E-state index contributed by atoms with van der Waals surface area (Å²) in [6, 6.07) is 3.63. The monoisotopic (exact) mass is 669 g/mol. The average Bonchev–Trinajstić information content (AvgIpc) is 3.08. The fraction of sp³-hybridized carbons (Fsp3) is 0.744. The summed E-state index contributed by atoms with van der Waals surface area (Å²) in [5, 5.41) is 0. The number of aryl methyl sites for hydroxylation is 1. The number of carbonyl (C=O) groups excluding carboxylic acids is 2. The Hall–Kier alpha value is -2.43. The van der Waals surface area contributed by atoms with E-state index in [1.54, 1.807) is 6.07 Å². The van der Waals surface area contributed by atoms with Gasteiger partial charge in [0.05, 0.1) is 0 Å². The molecule has 0 fully saturated rings. The first-order valence-electron chi connectivity index (χ1n) is 20.2. The standard InChI is InChI=1S/C43H74NO4/c1-4-6-8-10-12-14-16-18-20-22-24-26-28-30-32-36-42(45)47-39-40-41(35-34-38-44(40)3)48-43(46)37-33-31-29-27-25-23-21-19-17-15-13-11-9-7-5-2/h18-21,34-35,38H,4-17,22-33,36-37,39H2,1-3H3/q+1/b20-18+,21-19+. The molecular weight excluding hydrogens is 594 g/mol. The molecule has 0 aliphatic rings. The Kier molecular flexibility index (Phi) is 30.0. The van der Waals surface area contributed by atoms with Gasteiger partial charge in [-0.3, -0.25) is 9.59 Å². The van der Waals surface area contributed by atoms with E-state index in [0.29, 0.717) is 24.3 Å². The maximum Gasteiger partial charge on any atom is 0.311 e. The van der Waals surface area contributed by atoms with Gasteiger partial charge < -0.3 is 9.47 Å². The summed E-state index contributed by atoms with van der Waals surface area (Å²) < 4.78 is 13.1. The van der Waals surface area contributed by atoms with Crippen LogP contribution in [0.1, 0.15) is 199 Å². The molecule has 48 heavy (non-hydrogen) atoms. The maximum absolute atomic E-state index is 12.6. The Morgan fingerprint density at radius 1 is 0.562 bits per heavy atom. The molecule has 1 aromatic rings. The van der Waals surface area contributed by atoms with Gasteiger partial charge >= 0.3 is 11.9 Å². The van der Waals surface area contributed by atoms with E-state index in [-0.39, 0.29) is 18.5 Å². The smallest absolute Gasteiger partial charge is 0.311 e. The highest BCUT2D eigenvalue weighted by atomic mass is 16.5.